The average molecular weight is 313 g/mol. The Morgan fingerprint density at radius 3 is 2.70 bits per heavy atom. The van der Waals surface area contributed by atoms with Crippen molar-refractivity contribution >= 4 is 5.91 Å². The quantitative estimate of drug-likeness (QED) is 0.813. The minimum absolute atomic E-state index is 0.213. The van der Waals surface area contributed by atoms with Gasteiger partial charge in [-0.15, -0.1) is 0 Å². The minimum Gasteiger partial charge on any atom is -0.451 e. The van der Waals surface area contributed by atoms with Gasteiger partial charge in [0.25, 0.3) is 5.91 Å². The molecule has 1 N–H and O–H groups in total. The molecule has 0 fully saturated rings. The Kier molecular flexibility index (Phi) is 4.91. The monoisotopic (exact) mass is 313 g/mol. The molecule has 1 aromatic carbocycles. The van der Waals surface area contributed by atoms with E-state index in [-0.39, 0.29) is 17.5 Å². The first-order chi connectivity index (χ1) is 11.2. The Balaban J connectivity index is 1.55. The molecule has 0 saturated carbocycles. The maximum absolute atomic E-state index is 12.9. The molecule has 4 heteroatoms. The van der Waals surface area contributed by atoms with Crippen LogP contribution in [0.2, 0.25) is 0 Å². The van der Waals surface area contributed by atoms with Crippen LogP contribution in [0.4, 0.5) is 4.39 Å². The van der Waals surface area contributed by atoms with E-state index < -0.39 is 0 Å². The smallest absolute Gasteiger partial charge is 0.287 e. The summed E-state index contributed by atoms with van der Waals surface area (Å²) in [6.07, 6.45) is 8.01. The van der Waals surface area contributed by atoms with E-state index in [4.69, 9.17) is 4.42 Å². The van der Waals surface area contributed by atoms with Gasteiger partial charge in [0.2, 0.25) is 0 Å². The van der Waals surface area contributed by atoms with Crippen LogP contribution in [0.1, 0.15) is 42.7 Å². The molecule has 0 unspecified atom stereocenters. The Bertz CT molecular complexity index is 700. The molecule has 1 heterocycles. The molecule has 0 aliphatic heterocycles. The van der Waals surface area contributed by atoms with Gasteiger partial charge in [0.05, 0.1) is 0 Å². The van der Waals surface area contributed by atoms with Crippen LogP contribution in [-0.2, 0) is 0 Å². The summed E-state index contributed by atoms with van der Waals surface area (Å²) in [7, 11) is 0. The normalized spacial score (nSPS) is 14.4. The van der Waals surface area contributed by atoms with Gasteiger partial charge < -0.3 is 9.73 Å². The van der Waals surface area contributed by atoms with Gasteiger partial charge in [0, 0.05) is 12.1 Å². The number of hydrogen-bond acceptors (Lipinski definition) is 2. The van der Waals surface area contributed by atoms with E-state index >= 15 is 0 Å². The third kappa shape index (κ3) is 4.09. The molecule has 0 bridgehead atoms. The Labute approximate surface area is 135 Å². The number of nitrogens with one attached hydrogen (secondary N) is 1. The number of carbonyl (C=O) groups excluding carboxylic acids is 1. The number of benzene rings is 1. The molecule has 23 heavy (non-hydrogen) atoms. The number of hydrogen-bond donors (Lipinski definition) is 1. The molecular formula is C19H20FNO2. The van der Waals surface area contributed by atoms with Gasteiger partial charge in [-0.25, -0.2) is 4.39 Å². The molecule has 1 amide bonds. The Hall–Kier alpha value is -2.36. The molecule has 1 aliphatic rings. The predicted octanol–water partition coefficient (Wildman–Crippen LogP) is 4.71. The third-order valence-electron chi connectivity index (χ3n) is 4.08. The van der Waals surface area contributed by atoms with Crippen molar-refractivity contribution in [2.24, 2.45) is 0 Å². The molecule has 3 rings (SSSR count). The van der Waals surface area contributed by atoms with Crippen molar-refractivity contribution in [1.29, 1.82) is 0 Å². The van der Waals surface area contributed by atoms with Gasteiger partial charge in [0.1, 0.15) is 11.6 Å². The molecule has 0 saturated heterocycles. The number of carbonyl (C=O) groups is 1. The van der Waals surface area contributed by atoms with Crippen molar-refractivity contribution in [2.75, 3.05) is 6.54 Å². The number of halogens is 1. The Morgan fingerprint density at radius 2 is 1.96 bits per heavy atom. The number of furan rings is 1. The van der Waals surface area contributed by atoms with Crippen molar-refractivity contribution in [3.8, 4) is 11.3 Å². The number of allylic oxidation sites excluding steroid dienone is 1. The van der Waals surface area contributed by atoms with Gasteiger partial charge in [0.15, 0.2) is 5.76 Å². The van der Waals surface area contributed by atoms with Crippen LogP contribution in [0.25, 0.3) is 11.3 Å². The summed E-state index contributed by atoms with van der Waals surface area (Å²) in [5.74, 6) is 0.331. The van der Waals surface area contributed by atoms with Crippen molar-refractivity contribution in [3.63, 3.8) is 0 Å². The third-order valence-corrected chi connectivity index (χ3v) is 4.08. The lowest BCUT2D eigenvalue weighted by atomic mass is 9.97. The molecule has 0 radical (unpaired) electrons. The van der Waals surface area contributed by atoms with Crippen LogP contribution >= 0.6 is 0 Å². The molecule has 0 spiro atoms. The van der Waals surface area contributed by atoms with E-state index in [0.717, 1.165) is 24.8 Å². The summed E-state index contributed by atoms with van der Waals surface area (Å²) in [5, 5.41) is 2.89. The van der Waals surface area contributed by atoms with Gasteiger partial charge in [-0.3, -0.25) is 4.79 Å². The van der Waals surface area contributed by atoms with E-state index in [1.807, 2.05) is 0 Å². The zero-order chi connectivity index (χ0) is 16.1. The highest BCUT2D eigenvalue weighted by Gasteiger charge is 2.12. The van der Waals surface area contributed by atoms with Crippen molar-refractivity contribution in [3.05, 3.63) is 59.6 Å². The minimum atomic E-state index is -0.296. The highest BCUT2D eigenvalue weighted by molar-refractivity contribution is 5.92. The van der Waals surface area contributed by atoms with E-state index in [2.05, 4.69) is 11.4 Å². The molecule has 3 nitrogen and oxygen atoms in total. The SMILES string of the molecule is O=C(NCCC1=CCCCC1)c1ccc(-c2ccc(F)cc2)o1. The highest BCUT2D eigenvalue weighted by atomic mass is 19.1. The van der Waals surface area contributed by atoms with Crippen molar-refractivity contribution in [1.82, 2.24) is 5.32 Å². The second-order valence-corrected chi connectivity index (χ2v) is 5.78. The second kappa shape index (κ2) is 7.27. The van der Waals surface area contributed by atoms with Gasteiger partial charge >= 0.3 is 0 Å². The first-order valence-electron chi connectivity index (χ1n) is 8.04. The fraction of sp³-hybridized carbons (Fsp3) is 0.316. The maximum Gasteiger partial charge on any atom is 0.287 e. The van der Waals surface area contributed by atoms with Crippen LogP contribution in [0.15, 0.2) is 52.5 Å². The summed E-state index contributed by atoms with van der Waals surface area (Å²) < 4.78 is 18.5. The van der Waals surface area contributed by atoms with Crippen molar-refractivity contribution < 1.29 is 13.6 Å². The second-order valence-electron chi connectivity index (χ2n) is 5.78. The fourth-order valence-electron chi connectivity index (χ4n) is 2.78. The van der Waals surface area contributed by atoms with E-state index in [1.54, 1.807) is 24.3 Å². The topological polar surface area (TPSA) is 42.2 Å². The molecule has 0 atom stereocenters. The van der Waals surface area contributed by atoms with E-state index in [0.29, 0.717) is 12.3 Å². The molecule has 2 aromatic rings. The maximum atomic E-state index is 12.9. The van der Waals surface area contributed by atoms with Crippen LogP contribution in [-0.4, -0.2) is 12.5 Å². The number of rotatable bonds is 5. The molecular weight excluding hydrogens is 293 g/mol. The first kappa shape index (κ1) is 15.5. The standard InChI is InChI=1S/C19H20FNO2/c20-16-8-6-15(7-9-16)17-10-11-18(23-17)19(22)21-13-12-14-4-2-1-3-5-14/h4,6-11H,1-3,5,12-13H2,(H,21,22). The van der Waals surface area contributed by atoms with Crippen LogP contribution in [0, 0.1) is 5.82 Å². The lowest BCUT2D eigenvalue weighted by Crippen LogP contribution is -2.24. The summed E-state index contributed by atoms with van der Waals surface area (Å²) >= 11 is 0. The first-order valence-corrected chi connectivity index (χ1v) is 8.04. The summed E-state index contributed by atoms with van der Waals surface area (Å²) in [6, 6.07) is 9.38. The lowest BCUT2D eigenvalue weighted by Gasteiger charge is -2.12. The van der Waals surface area contributed by atoms with Gasteiger partial charge in [-0.2, -0.15) is 0 Å². The number of amides is 1. The summed E-state index contributed by atoms with van der Waals surface area (Å²) in [4.78, 5) is 12.1. The lowest BCUT2D eigenvalue weighted by molar-refractivity contribution is 0.0927. The van der Waals surface area contributed by atoms with Crippen molar-refractivity contribution in [2.45, 2.75) is 32.1 Å². The molecule has 1 aromatic heterocycles. The zero-order valence-corrected chi connectivity index (χ0v) is 13.0. The fourth-order valence-corrected chi connectivity index (χ4v) is 2.78. The zero-order valence-electron chi connectivity index (χ0n) is 13.0. The Morgan fingerprint density at radius 1 is 1.13 bits per heavy atom. The van der Waals surface area contributed by atoms with E-state index in [1.165, 1.54) is 30.5 Å². The molecule has 120 valence electrons. The van der Waals surface area contributed by atoms with Crippen LogP contribution in [0.5, 0.6) is 0 Å². The molecule has 1 aliphatic carbocycles. The van der Waals surface area contributed by atoms with Gasteiger partial charge in [-0.1, -0.05) is 11.6 Å². The summed E-state index contributed by atoms with van der Waals surface area (Å²) in [6.45, 7) is 0.622. The largest absolute Gasteiger partial charge is 0.451 e. The average Bonchev–Trinajstić information content (AvgIpc) is 3.06. The summed E-state index contributed by atoms with van der Waals surface area (Å²) in [5.41, 5.74) is 2.18. The van der Waals surface area contributed by atoms with Crippen LogP contribution in [0.3, 0.4) is 0 Å². The highest BCUT2D eigenvalue weighted by Crippen LogP contribution is 2.23. The van der Waals surface area contributed by atoms with Crippen LogP contribution < -0.4 is 5.32 Å². The van der Waals surface area contributed by atoms with E-state index in [9.17, 15) is 9.18 Å². The van der Waals surface area contributed by atoms with Gasteiger partial charge in [-0.05, 0) is 68.5 Å². The predicted molar refractivity (Wildman–Crippen MR) is 87.6 cm³/mol.